The Balaban J connectivity index is 2.05. The fourth-order valence-electron chi connectivity index (χ4n) is 1.62. The Morgan fingerprint density at radius 3 is 2.72 bits per heavy atom. The number of carbonyl (C=O) groups excluding carboxylic acids is 1. The maximum absolute atomic E-state index is 10.1. The van der Waals surface area contributed by atoms with E-state index in [1.54, 1.807) is 36.5 Å². The maximum atomic E-state index is 10.1. The zero-order valence-electron chi connectivity index (χ0n) is 9.20. The molecule has 2 heterocycles. The van der Waals surface area contributed by atoms with Crippen LogP contribution in [0.5, 0.6) is 0 Å². The summed E-state index contributed by atoms with van der Waals surface area (Å²) >= 11 is 0. The van der Waals surface area contributed by atoms with Crippen LogP contribution >= 0.6 is 0 Å². The van der Waals surface area contributed by atoms with Crippen molar-refractivity contribution < 1.29 is 9.21 Å². The zero-order chi connectivity index (χ0) is 12.4. The SMILES string of the molecule is O=C=Nc1ccc(-c2nc3ncccc3o2)cc1. The standard InChI is InChI=1S/C13H7N3O2/c17-8-15-10-5-3-9(4-6-10)13-16-12-11(18-13)2-1-7-14-12/h1-7H. The van der Waals surface area contributed by atoms with Crippen molar-refractivity contribution in [3.8, 4) is 11.5 Å². The van der Waals surface area contributed by atoms with E-state index in [4.69, 9.17) is 4.42 Å². The van der Waals surface area contributed by atoms with E-state index in [0.29, 0.717) is 22.8 Å². The monoisotopic (exact) mass is 237 g/mol. The molecule has 0 aliphatic carbocycles. The van der Waals surface area contributed by atoms with Crippen molar-refractivity contribution in [3.63, 3.8) is 0 Å². The van der Waals surface area contributed by atoms with Gasteiger partial charge in [0.05, 0.1) is 5.69 Å². The largest absolute Gasteiger partial charge is 0.434 e. The molecule has 0 bridgehead atoms. The first-order valence-electron chi connectivity index (χ1n) is 5.27. The van der Waals surface area contributed by atoms with Crippen LogP contribution in [-0.4, -0.2) is 16.0 Å². The molecule has 0 aliphatic rings. The van der Waals surface area contributed by atoms with Gasteiger partial charge in [0.25, 0.3) is 0 Å². The van der Waals surface area contributed by atoms with Crippen LogP contribution < -0.4 is 0 Å². The van der Waals surface area contributed by atoms with Crippen molar-refractivity contribution >= 4 is 23.0 Å². The Hall–Kier alpha value is -2.78. The van der Waals surface area contributed by atoms with Crippen LogP contribution in [0.1, 0.15) is 0 Å². The Morgan fingerprint density at radius 1 is 1.17 bits per heavy atom. The lowest BCUT2D eigenvalue weighted by atomic mass is 10.2. The average molecular weight is 237 g/mol. The van der Waals surface area contributed by atoms with Gasteiger partial charge in [0.2, 0.25) is 12.0 Å². The lowest BCUT2D eigenvalue weighted by Gasteiger charge is -1.94. The highest BCUT2D eigenvalue weighted by Gasteiger charge is 2.08. The molecular formula is C13H7N3O2. The number of hydrogen-bond donors (Lipinski definition) is 0. The molecule has 5 nitrogen and oxygen atoms in total. The van der Waals surface area contributed by atoms with E-state index >= 15 is 0 Å². The second-order valence-electron chi connectivity index (χ2n) is 3.59. The molecule has 0 spiro atoms. The van der Waals surface area contributed by atoms with Gasteiger partial charge in [0.15, 0.2) is 11.2 Å². The smallest absolute Gasteiger partial charge is 0.240 e. The first-order valence-corrected chi connectivity index (χ1v) is 5.27. The number of benzene rings is 1. The third kappa shape index (κ3) is 1.79. The van der Waals surface area contributed by atoms with Gasteiger partial charge in [-0.15, -0.1) is 0 Å². The van der Waals surface area contributed by atoms with Crippen molar-refractivity contribution in [2.45, 2.75) is 0 Å². The zero-order valence-corrected chi connectivity index (χ0v) is 9.20. The Kier molecular flexibility index (Phi) is 2.44. The molecule has 86 valence electrons. The van der Waals surface area contributed by atoms with Gasteiger partial charge in [-0.1, -0.05) is 0 Å². The minimum atomic E-state index is 0.491. The van der Waals surface area contributed by atoms with Crippen LogP contribution in [0.15, 0.2) is 52.0 Å². The summed E-state index contributed by atoms with van der Waals surface area (Å²) in [5.41, 5.74) is 2.56. The fourth-order valence-corrected chi connectivity index (χ4v) is 1.62. The number of aliphatic imine (C=N–C) groups is 1. The van der Waals surface area contributed by atoms with Crippen molar-refractivity contribution in [2.75, 3.05) is 0 Å². The molecule has 0 radical (unpaired) electrons. The van der Waals surface area contributed by atoms with Gasteiger partial charge < -0.3 is 4.42 Å². The van der Waals surface area contributed by atoms with Crippen LogP contribution in [0.3, 0.4) is 0 Å². The molecule has 0 unspecified atom stereocenters. The van der Waals surface area contributed by atoms with Crippen molar-refractivity contribution in [3.05, 3.63) is 42.6 Å². The van der Waals surface area contributed by atoms with E-state index in [-0.39, 0.29) is 0 Å². The van der Waals surface area contributed by atoms with Crippen LogP contribution in [0.4, 0.5) is 5.69 Å². The Labute approximate surface area is 102 Å². The molecule has 2 aromatic heterocycles. The van der Waals surface area contributed by atoms with Crippen LogP contribution in [0, 0.1) is 0 Å². The van der Waals surface area contributed by atoms with Crippen molar-refractivity contribution in [1.29, 1.82) is 0 Å². The molecule has 5 heteroatoms. The quantitative estimate of drug-likeness (QED) is 0.507. The summed E-state index contributed by atoms with van der Waals surface area (Å²) in [6.45, 7) is 0. The Bertz CT molecular complexity index is 707. The number of isocyanates is 1. The Morgan fingerprint density at radius 2 is 2.00 bits per heavy atom. The van der Waals surface area contributed by atoms with Crippen molar-refractivity contribution in [1.82, 2.24) is 9.97 Å². The molecule has 1 aromatic carbocycles. The molecule has 0 saturated heterocycles. The molecule has 0 aliphatic heterocycles. The third-order valence-electron chi connectivity index (χ3n) is 2.45. The van der Waals surface area contributed by atoms with E-state index in [2.05, 4.69) is 15.0 Å². The summed E-state index contributed by atoms with van der Waals surface area (Å²) in [6.07, 6.45) is 3.15. The second kappa shape index (κ2) is 4.24. The van der Waals surface area contributed by atoms with Crippen LogP contribution in [-0.2, 0) is 4.79 Å². The molecule has 0 fully saturated rings. The lowest BCUT2D eigenvalue weighted by Crippen LogP contribution is -1.77. The van der Waals surface area contributed by atoms with E-state index in [1.165, 1.54) is 6.08 Å². The molecule has 0 atom stereocenters. The normalized spacial score (nSPS) is 10.2. The third-order valence-corrected chi connectivity index (χ3v) is 2.45. The highest BCUT2D eigenvalue weighted by atomic mass is 16.3. The predicted molar refractivity (Wildman–Crippen MR) is 65.0 cm³/mol. The van der Waals surface area contributed by atoms with Crippen LogP contribution in [0.25, 0.3) is 22.7 Å². The summed E-state index contributed by atoms with van der Waals surface area (Å²) in [6, 6.07) is 10.6. The minimum absolute atomic E-state index is 0.491. The first kappa shape index (κ1) is 10.4. The molecular weight excluding hydrogens is 230 g/mol. The van der Waals surface area contributed by atoms with E-state index in [9.17, 15) is 4.79 Å². The summed E-state index contributed by atoms with van der Waals surface area (Å²) < 4.78 is 5.57. The van der Waals surface area contributed by atoms with Gasteiger partial charge in [-0.3, -0.25) is 0 Å². The van der Waals surface area contributed by atoms with Gasteiger partial charge in [0.1, 0.15) is 0 Å². The highest BCUT2D eigenvalue weighted by molar-refractivity contribution is 5.72. The molecule has 0 amide bonds. The topological polar surface area (TPSA) is 68.3 Å². The molecule has 0 N–H and O–H groups in total. The molecule has 3 rings (SSSR count). The summed E-state index contributed by atoms with van der Waals surface area (Å²) in [7, 11) is 0. The molecule has 0 saturated carbocycles. The summed E-state index contributed by atoms with van der Waals surface area (Å²) in [4.78, 5) is 22.0. The number of oxazole rings is 1. The fraction of sp³-hybridized carbons (Fsp3) is 0. The second-order valence-corrected chi connectivity index (χ2v) is 3.59. The van der Waals surface area contributed by atoms with Gasteiger partial charge in [-0.2, -0.15) is 9.98 Å². The van der Waals surface area contributed by atoms with E-state index in [1.807, 2.05) is 6.07 Å². The van der Waals surface area contributed by atoms with Crippen molar-refractivity contribution in [2.24, 2.45) is 4.99 Å². The number of aromatic nitrogens is 2. The van der Waals surface area contributed by atoms with Gasteiger partial charge in [0, 0.05) is 11.8 Å². The van der Waals surface area contributed by atoms with Gasteiger partial charge >= 0.3 is 0 Å². The molecule has 18 heavy (non-hydrogen) atoms. The van der Waals surface area contributed by atoms with Crippen LogP contribution in [0.2, 0.25) is 0 Å². The molecule has 3 aromatic rings. The van der Waals surface area contributed by atoms with E-state index in [0.717, 1.165) is 5.56 Å². The number of pyridine rings is 1. The number of fused-ring (bicyclic) bond motifs is 1. The van der Waals surface area contributed by atoms with Gasteiger partial charge in [-0.05, 0) is 36.4 Å². The average Bonchev–Trinajstić information content (AvgIpc) is 2.84. The minimum Gasteiger partial charge on any atom is -0.434 e. The number of nitrogens with zero attached hydrogens (tertiary/aromatic N) is 3. The number of rotatable bonds is 2. The van der Waals surface area contributed by atoms with E-state index < -0.39 is 0 Å². The maximum Gasteiger partial charge on any atom is 0.240 e. The predicted octanol–water partition coefficient (Wildman–Crippen LogP) is 2.86. The lowest BCUT2D eigenvalue weighted by molar-refractivity contribution is 0.565. The summed E-state index contributed by atoms with van der Waals surface area (Å²) in [5, 5.41) is 0. The first-order chi connectivity index (χ1) is 8.86. The van der Waals surface area contributed by atoms with Gasteiger partial charge in [-0.25, -0.2) is 9.78 Å². The summed E-state index contributed by atoms with van der Waals surface area (Å²) in [5.74, 6) is 0.491. The number of hydrogen-bond acceptors (Lipinski definition) is 5. The highest BCUT2D eigenvalue weighted by Crippen LogP contribution is 2.24.